The van der Waals surface area contributed by atoms with Gasteiger partial charge >= 0.3 is 5.97 Å². The zero-order valence-corrected chi connectivity index (χ0v) is 11.4. The molecule has 0 aliphatic rings. The molecule has 1 N–H and O–H groups in total. The predicted molar refractivity (Wildman–Crippen MR) is 76.3 cm³/mol. The first-order valence-corrected chi connectivity index (χ1v) is 6.14. The highest BCUT2D eigenvalue weighted by Crippen LogP contribution is 2.27. The van der Waals surface area contributed by atoms with E-state index < -0.39 is 5.97 Å². The molecule has 5 nitrogen and oxygen atoms in total. The van der Waals surface area contributed by atoms with Crippen LogP contribution in [0, 0.1) is 0 Å². The minimum Gasteiger partial charge on any atom is -0.495 e. The van der Waals surface area contributed by atoms with E-state index in [4.69, 9.17) is 9.84 Å². The molecule has 2 rings (SSSR count). The maximum absolute atomic E-state index is 10.9. The second kappa shape index (κ2) is 6.06. The number of carbonyl (C=O) groups is 1. The molecule has 0 aliphatic heterocycles. The predicted octanol–water partition coefficient (Wildman–Crippen LogP) is 2.42. The first-order chi connectivity index (χ1) is 9.61. The van der Waals surface area contributed by atoms with Gasteiger partial charge in [-0.05, 0) is 29.8 Å². The number of aromatic carboxylic acids is 1. The number of hydrogen-bond donors (Lipinski definition) is 1. The van der Waals surface area contributed by atoms with Gasteiger partial charge in [-0.3, -0.25) is 0 Å². The lowest BCUT2D eigenvalue weighted by molar-refractivity contribution is 0.0690. The Balaban J connectivity index is 2.21. The van der Waals surface area contributed by atoms with E-state index >= 15 is 0 Å². The van der Waals surface area contributed by atoms with Crippen LogP contribution in [-0.2, 0) is 6.54 Å². The van der Waals surface area contributed by atoms with Crippen molar-refractivity contribution in [2.75, 3.05) is 19.1 Å². The van der Waals surface area contributed by atoms with Crippen LogP contribution in [0.15, 0.2) is 42.6 Å². The van der Waals surface area contributed by atoms with Crippen LogP contribution in [0.4, 0.5) is 5.69 Å². The molecule has 0 spiro atoms. The Labute approximate surface area is 117 Å². The van der Waals surface area contributed by atoms with Crippen molar-refractivity contribution in [3.63, 3.8) is 0 Å². The molecule has 0 fully saturated rings. The zero-order chi connectivity index (χ0) is 14.5. The molecule has 1 heterocycles. The van der Waals surface area contributed by atoms with E-state index in [2.05, 4.69) is 4.98 Å². The molecule has 0 aliphatic carbocycles. The molecular formula is C15H16N2O3. The van der Waals surface area contributed by atoms with Crippen molar-refractivity contribution in [1.29, 1.82) is 0 Å². The quantitative estimate of drug-likeness (QED) is 0.905. The first-order valence-electron chi connectivity index (χ1n) is 6.14. The standard InChI is InChI=1S/C15H16N2O3/c1-17(13-5-3-4-6-14(13)20-2)10-11-7-8-16-12(9-11)15(18)19/h3-9H,10H2,1-2H3,(H,18,19). The Morgan fingerprint density at radius 1 is 1.35 bits per heavy atom. The molecule has 0 amide bonds. The number of rotatable bonds is 5. The fourth-order valence-corrected chi connectivity index (χ4v) is 1.99. The Morgan fingerprint density at radius 2 is 2.10 bits per heavy atom. The molecule has 1 aromatic heterocycles. The van der Waals surface area contributed by atoms with E-state index in [1.807, 2.05) is 36.2 Å². The van der Waals surface area contributed by atoms with E-state index in [-0.39, 0.29) is 5.69 Å². The molecule has 0 saturated carbocycles. The minimum absolute atomic E-state index is 0.0518. The molecule has 0 atom stereocenters. The van der Waals surface area contributed by atoms with Crippen molar-refractivity contribution in [1.82, 2.24) is 4.98 Å². The maximum atomic E-state index is 10.9. The van der Waals surface area contributed by atoms with Gasteiger partial charge in [0.25, 0.3) is 0 Å². The van der Waals surface area contributed by atoms with Crippen LogP contribution >= 0.6 is 0 Å². The summed E-state index contributed by atoms with van der Waals surface area (Å²) in [7, 11) is 3.56. The molecule has 0 bridgehead atoms. The number of benzene rings is 1. The number of para-hydroxylation sites is 2. The lowest BCUT2D eigenvalue weighted by Gasteiger charge is -2.21. The second-order valence-electron chi connectivity index (χ2n) is 4.38. The number of aromatic nitrogens is 1. The molecule has 0 radical (unpaired) electrons. The number of nitrogens with zero attached hydrogens (tertiary/aromatic N) is 2. The summed E-state index contributed by atoms with van der Waals surface area (Å²) in [4.78, 5) is 16.7. The van der Waals surface area contributed by atoms with Gasteiger partial charge in [-0.15, -0.1) is 0 Å². The molecule has 0 unspecified atom stereocenters. The number of carboxylic acids is 1. The normalized spacial score (nSPS) is 10.1. The van der Waals surface area contributed by atoms with Crippen LogP contribution < -0.4 is 9.64 Å². The van der Waals surface area contributed by atoms with Crippen molar-refractivity contribution in [2.45, 2.75) is 6.54 Å². The zero-order valence-electron chi connectivity index (χ0n) is 11.4. The summed E-state index contributed by atoms with van der Waals surface area (Å²) in [5, 5.41) is 8.95. The van der Waals surface area contributed by atoms with Gasteiger partial charge < -0.3 is 14.7 Å². The van der Waals surface area contributed by atoms with Crippen LogP contribution in [0.1, 0.15) is 16.1 Å². The van der Waals surface area contributed by atoms with Crippen molar-refractivity contribution in [2.24, 2.45) is 0 Å². The van der Waals surface area contributed by atoms with Crippen LogP contribution in [0.2, 0.25) is 0 Å². The van der Waals surface area contributed by atoms with E-state index in [9.17, 15) is 4.79 Å². The van der Waals surface area contributed by atoms with Crippen LogP contribution in [0.3, 0.4) is 0 Å². The van der Waals surface area contributed by atoms with E-state index in [0.717, 1.165) is 17.0 Å². The third-order valence-electron chi connectivity index (χ3n) is 2.96. The van der Waals surface area contributed by atoms with Crippen molar-refractivity contribution in [3.05, 3.63) is 53.9 Å². The van der Waals surface area contributed by atoms with Crippen molar-refractivity contribution < 1.29 is 14.6 Å². The molecule has 2 aromatic rings. The van der Waals surface area contributed by atoms with Gasteiger partial charge in [-0.1, -0.05) is 12.1 Å². The fraction of sp³-hybridized carbons (Fsp3) is 0.200. The number of methoxy groups -OCH3 is 1. The highest BCUT2D eigenvalue weighted by molar-refractivity contribution is 5.85. The number of anilines is 1. The maximum Gasteiger partial charge on any atom is 0.354 e. The third kappa shape index (κ3) is 3.06. The number of ether oxygens (including phenoxy) is 1. The summed E-state index contributed by atoms with van der Waals surface area (Å²) in [5.41, 5.74) is 1.88. The highest BCUT2D eigenvalue weighted by Gasteiger charge is 2.10. The van der Waals surface area contributed by atoms with Gasteiger partial charge in [-0.2, -0.15) is 0 Å². The number of hydrogen-bond acceptors (Lipinski definition) is 4. The largest absolute Gasteiger partial charge is 0.495 e. The third-order valence-corrected chi connectivity index (χ3v) is 2.96. The molecule has 1 aromatic carbocycles. The van der Waals surface area contributed by atoms with Gasteiger partial charge in [0.15, 0.2) is 0 Å². The van der Waals surface area contributed by atoms with E-state index in [0.29, 0.717) is 6.54 Å². The van der Waals surface area contributed by atoms with Gasteiger partial charge in [0.05, 0.1) is 12.8 Å². The Hall–Kier alpha value is -2.56. The van der Waals surface area contributed by atoms with Crippen molar-refractivity contribution in [3.8, 4) is 5.75 Å². The van der Waals surface area contributed by atoms with Gasteiger partial charge in [0, 0.05) is 19.8 Å². The topological polar surface area (TPSA) is 62.7 Å². The van der Waals surface area contributed by atoms with E-state index in [1.54, 1.807) is 19.2 Å². The Morgan fingerprint density at radius 3 is 2.80 bits per heavy atom. The minimum atomic E-state index is -1.02. The fourth-order valence-electron chi connectivity index (χ4n) is 1.99. The average molecular weight is 272 g/mol. The highest BCUT2D eigenvalue weighted by atomic mass is 16.5. The SMILES string of the molecule is COc1ccccc1N(C)Cc1ccnc(C(=O)O)c1. The Bertz CT molecular complexity index is 614. The number of pyridine rings is 1. The second-order valence-corrected chi connectivity index (χ2v) is 4.38. The lowest BCUT2D eigenvalue weighted by Crippen LogP contribution is -2.17. The Kier molecular flexibility index (Phi) is 4.20. The molecule has 5 heteroatoms. The summed E-state index contributed by atoms with van der Waals surface area (Å²) in [6.07, 6.45) is 1.51. The average Bonchev–Trinajstić information content (AvgIpc) is 2.47. The molecular weight excluding hydrogens is 256 g/mol. The summed E-state index contributed by atoms with van der Waals surface area (Å²) < 4.78 is 5.32. The molecule has 104 valence electrons. The van der Waals surface area contributed by atoms with E-state index in [1.165, 1.54) is 6.20 Å². The number of carboxylic acid groups (broad SMARTS) is 1. The van der Waals surface area contributed by atoms with Gasteiger partial charge in [-0.25, -0.2) is 9.78 Å². The van der Waals surface area contributed by atoms with Crippen LogP contribution in [0.25, 0.3) is 0 Å². The van der Waals surface area contributed by atoms with Gasteiger partial charge in [0.1, 0.15) is 11.4 Å². The summed E-state index contributed by atoms with van der Waals surface area (Å²) in [5.74, 6) is -0.241. The smallest absolute Gasteiger partial charge is 0.354 e. The lowest BCUT2D eigenvalue weighted by atomic mass is 10.2. The van der Waals surface area contributed by atoms with Gasteiger partial charge in [0.2, 0.25) is 0 Å². The summed E-state index contributed by atoms with van der Waals surface area (Å²) >= 11 is 0. The molecule has 20 heavy (non-hydrogen) atoms. The van der Waals surface area contributed by atoms with Crippen molar-refractivity contribution >= 4 is 11.7 Å². The first kappa shape index (κ1) is 13.9. The van der Waals surface area contributed by atoms with Crippen LogP contribution in [0.5, 0.6) is 5.75 Å². The molecule has 0 saturated heterocycles. The summed E-state index contributed by atoms with van der Waals surface area (Å²) in [6, 6.07) is 11.1. The summed E-state index contributed by atoms with van der Waals surface area (Å²) in [6.45, 7) is 0.573. The monoisotopic (exact) mass is 272 g/mol. The van der Waals surface area contributed by atoms with Crippen LogP contribution in [-0.4, -0.2) is 30.2 Å².